The summed E-state index contributed by atoms with van der Waals surface area (Å²) in [7, 11) is 2.01. The van der Waals surface area contributed by atoms with E-state index in [-0.39, 0.29) is 23.1 Å². The Hall–Kier alpha value is -4.08. The SMILES string of the molecule is C=CC(=O)N1CCCC[C@@H](n2c(NC(=O)c3cc[nH]c(=O)c3)nc3ccc4c(c32)N(C)CCO4)C1. The van der Waals surface area contributed by atoms with Gasteiger partial charge in [0.15, 0.2) is 0 Å². The molecule has 1 aromatic carbocycles. The number of pyridine rings is 1. The Bertz CT molecular complexity index is 1360. The number of hydrogen-bond donors (Lipinski definition) is 2. The Labute approximate surface area is 202 Å². The Morgan fingerprint density at radius 3 is 2.91 bits per heavy atom. The second-order valence-corrected chi connectivity index (χ2v) is 8.89. The molecular formula is C25H28N6O4. The normalized spacial score (nSPS) is 17.9. The first kappa shape index (κ1) is 22.7. The number of carbonyl (C=O) groups excluding carboxylic acids is 2. The van der Waals surface area contributed by atoms with Crippen LogP contribution in [0.15, 0.2) is 47.9 Å². The third-order valence-corrected chi connectivity index (χ3v) is 6.61. The number of likely N-dealkylation sites (N-methyl/N-ethyl adjacent to an activating group) is 1. The van der Waals surface area contributed by atoms with E-state index in [9.17, 15) is 14.4 Å². The van der Waals surface area contributed by atoms with E-state index in [1.807, 2.05) is 23.7 Å². The van der Waals surface area contributed by atoms with Gasteiger partial charge in [-0.25, -0.2) is 4.98 Å². The van der Waals surface area contributed by atoms with Gasteiger partial charge >= 0.3 is 0 Å². The van der Waals surface area contributed by atoms with E-state index in [1.54, 1.807) is 11.0 Å². The number of aromatic nitrogens is 3. The van der Waals surface area contributed by atoms with Crippen molar-refractivity contribution in [2.45, 2.75) is 25.3 Å². The van der Waals surface area contributed by atoms with E-state index < -0.39 is 5.91 Å². The molecule has 10 nitrogen and oxygen atoms in total. The molecule has 0 aliphatic carbocycles. The minimum Gasteiger partial charge on any atom is -0.489 e. The van der Waals surface area contributed by atoms with Crippen molar-refractivity contribution in [2.24, 2.45) is 0 Å². The zero-order chi connectivity index (χ0) is 24.5. The summed E-state index contributed by atoms with van der Waals surface area (Å²) >= 11 is 0. The Balaban J connectivity index is 1.65. The lowest BCUT2D eigenvalue weighted by Gasteiger charge is -2.31. The first-order valence-electron chi connectivity index (χ1n) is 11.8. The van der Waals surface area contributed by atoms with Gasteiger partial charge in [0.2, 0.25) is 17.4 Å². The molecule has 10 heteroatoms. The molecule has 35 heavy (non-hydrogen) atoms. The minimum absolute atomic E-state index is 0.113. The monoisotopic (exact) mass is 476 g/mol. The van der Waals surface area contributed by atoms with Crippen LogP contribution in [0.1, 0.15) is 35.7 Å². The fraction of sp³-hybridized carbons (Fsp3) is 0.360. The van der Waals surface area contributed by atoms with Crippen molar-refractivity contribution in [3.8, 4) is 5.75 Å². The molecule has 0 saturated carbocycles. The van der Waals surface area contributed by atoms with Crippen molar-refractivity contribution in [3.63, 3.8) is 0 Å². The molecule has 3 aromatic rings. The number of H-pyrrole nitrogens is 1. The van der Waals surface area contributed by atoms with Crippen LogP contribution in [0, 0.1) is 0 Å². The average molecular weight is 477 g/mol. The Morgan fingerprint density at radius 1 is 1.26 bits per heavy atom. The first-order valence-corrected chi connectivity index (χ1v) is 11.8. The smallest absolute Gasteiger partial charge is 0.258 e. The van der Waals surface area contributed by atoms with E-state index in [0.29, 0.717) is 31.2 Å². The summed E-state index contributed by atoms with van der Waals surface area (Å²) in [4.78, 5) is 48.6. The molecule has 0 bridgehead atoms. The van der Waals surface area contributed by atoms with Gasteiger partial charge in [0.1, 0.15) is 18.0 Å². The summed E-state index contributed by atoms with van der Waals surface area (Å²) in [6.45, 7) is 6.08. The van der Waals surface area contributed by atoms with Crippen molar-refractivity contribution in [2.75, 3.05) is 43.5 Å². The molecule has 2 amide bonds. The summed E-state index contributed by atoms with van der Waals surface area (Å²) in [5.74, 6) is 0.583. The van der Waals surface area contributed by atoms with Crippen LogP contribution in [0.25, 0.3) is 11.0 Å². The predicted octanol–water partition coefficient (Wildman–Crippen LogP) is 2.55. The predicted molar refractivity (Wildman–Crippen MR) is 133 cm³/mol. The molecule has 0 unspecified atom stereocenters. The number of likely N-dealkylation sites (tertiary alicyclic amines) is 1. The van der Waals surface area contributed by atoms with Gasteiger partial charge in [-0.3, -0.25) is 19.7 Å². The maximum absolute atomic E-state index is 13.1. The van der Waals surface area contributed by atoms with Crippen LogP contribution >= 0.6 is 0 Å². The second-order valence-electron chi connectivity index (χ2n) is 8.89. The maximum atomic E-state index is 13.1. The third kappa shape index (κ3) is 4.27. The topological polar surface area (TPSA) is 113 Å². The van der Waals surface area contributed by atoms with E-state index in [4.69, 9.17) is 9.72 Å². The van der Waals surface area contributed by atoms with E-state index in [1.165, 1.54) is 18.3 Å². The van der Waals surface area contributed by atoms with Crippen molar-refractivity contribution in [3.05, 3.63) is 59.0 Å². The minimum atomic E-state index is -0.432. The number of imidazole rings is 1. The van der Waals surface area contributed by atoms with Crippen molar-refractivity contribution >= 4 is 34.5 Å². The van der Waals surface area contributed by atoms with Crippen LogP contribution in [-0.4, -0.2) is 64.5 Å². The first-order chi connectivity index (χ1) is 17.0. The fourth-order valence-corrected chi connectivity index (χ4v) is 4.90. The number of amides is 2. The molecule has 0 radical (unpaired) electrons. The summed E-state index contributed by atoms with van der Waals surface area (Å²) in [6, 6.07) is 6.46. The van der Waals surface area contributed by atoms with Crippen LogP contribution in [0.2, 0.25) is 0 Å². The molecule has 0 spiro atoms. The molecule has 2 aliphatic heterocycles. The zero-order valence-electron chi connectivity index (χ0n) is 19.6. The van der Waals surface area contributed by atoms with E-state index >= 15 is 0 Å². The van der Waals surface area contributed by atoms with Gasteiger partial charge < -0.3 is 24.1 Å². The maximum Gasteiger partial charge on any atom is 0.258 e. The number of anilines is 2. The molecule has 182 valence electrons. The lowest BCUT2D eigenvalue weighted by molar-refractivity contribution is -0.126. The highest BCUT2D eigenvalue weighted by atomic mass is 16.5. The van der Waals surface area contributed by atoms with Gasteiger partial charge in [-0.15, -0.1) is 0 Å². The molecule has 1 fully saturated rings. The zero-order valence-corrected chi connectivity index (χ0v) is 19.6. The van der Waals surface area contributed by atoms with Crippen LogP contribution in [0.5, 0.6) is 5.75 Å². The lowest BCUT2D eigenvalue weighted by Crippen LogP contribution is -2.35. The standard InChI is InChI=1S/C25H28N6O4/c1-3-21(33)30-11-5-4-6-17(15-30)31-22-18(7-8-19-23(22)29(2)12-13-35-19)27-25(31)28-24(34)16-9-10-26-20(32)14-16/h3,7-10,14,17H,1,4-6,11-13,15H2,2H3,(H,26,32)(H,27,28,34)/t17-/m1/s1. The van der Waals surface area contributed by atoms with E-state index in [0.717, 1.165) is 42.8 Å². The number of rotatable bonds is 4. The number of nitrogens with one attached hydrogen (secondary N) is 2. The number of aromatic amines is 1. The number of hydrogen-bond acceptors (Lipinski definition) is 6. The molecule has 5 rings (SSSR count). The van der Waals surface area contributed by atoms with E-state index in [2.05, 4.69) is 21.8 Å². The van der Waals surface area contributed by atoms with Gasteiger partial charge in [0, 0.05) is 38.0 Å². The Kier molecular flexibility index (Phi) is 6.02. The molecule has 1 saturated heterocycles. The van der Waals surface area contributed by atoms with Gasteiger partial charge in [-0.1, -0.05) is 6.58 Å². The van der Waals surface area contributed by atoms with Gasteiger partial charge in [-0.05, 0) is 43.5 Å². The van der Waals surface area contributed by atoms with Crippen molar-refractivity contribution < 1.29 is 14.3 Å². The summed E-state index contributed by atoms with van der Waals surface area (Å²) < 4.78 is 7.96. The summed E-state index contributed by atoms with van der Waals surface area (Å²) in [5, 5.41) is 2.92. The number of benzene rings is 1. The van der Waals surface area contributed by atoms with Crippen LogP contribution < -0.4 is 20.5 Å². The van der Waals surface area contributed by atoms with Gasteiger partial charge in [0.05, 0.1) is 23.6 Å². The van der Waals surface area contributed by atoms with Crippen LogP contribution in [0.4, 0.5) is 11.6 Å². The third-order valence-electron chi connectivity index (χ3n) is 6.61. The molecule has 4 heterocycles. The lowest BCUT2D eigenvalue weighted by atomic mass is 10.1. The summed E-state index contributed by atoms with van der Waals surface area (Å²) in [5.41, 5.74) is 2.35. The van der Waals surface area contributed by atoms with Crippen molar-refractivity contribution in [1.82, 2.24) is 19.4 Å². The molecular weight excluding hydrogens is 448 g/mol. The average Bonchev–Trinajstić information content (AvgIpc) is 3.04. The largest absolute Gasteiger partial charge is 0.489 e. The second kappa shape index (κ2) is 9.28. The van der Waals surface area contributed by atoms with Crippen LogP contribution in [0.3, 0.4) is 0 Å². The van der Waals surface area contributed by atoms with Gasteiger partial charge in [-0.2, -0.15) is 0 Å². The molecule has 2 aliphatic rings. The number of carbonyl (C=O) groups is 2. The highest BCUT2D eigenvalue weighted by Gasteiger charge is 2.30. The van der Waals surface area contributed by atoms with Crippen molar-refractivity contribution in [1.29, 1.82) is 0 Å². The molecule has 2 aromatic heterocycles. The highest BCUT2D eigenvalue weighted by Crippen LogP contribution is 2.41. The highest BCUT2D eigenvalue weighted by molar-refractivity contribution is 6.05. The van der Waals surface area contributed by atoms with Gasteiger partial charge in [0.25, 0.3) is 5.91 Å². The quantitative estimate of drug-likeness (QED) is 0.560. The Morgan fingerprint density at radius 2 is 2.11 bits per heavy atom. The number of fused-ring (bicyclic) bond motifs is 3. The number of ether oxygens (including phenoxy) is 1. The molecule has 1 atom stereocenters. The molecule has 2 N–H and O–H groups in total. The summed E-state index contributed by atoms with van der Waals surface area (Å²) in [6.07, 6.45) is 5.40. The number of nitrogens with zero attached hydrogens (tertiary/aromatic N) is 4. The van der Waals surface area contributed by atoms with Crippen LogP contribution in [-0.2, 0) is 4.79 Å². The fourth-order valence-electron chi connectivity index (χ4n) is 4.90.